The van der Waals surface area contributed by atoms with Gasteiger partial charge in [0.25, 0.3) is 0 Å². The van der Waals surface area contributed by atoms with Gasteiger partial charge in [0.05, 0.1) is 12.0 Å². The Morgan fingerprint density at radius 3 is 2.64 bits per heavy atom. The highest BCUT2D eigenvalue weighted by Crippen LogP contribution is 2.19. The molecule has 0 heterocycles. The Morgan fingerprint density at radius 2 is 1.80 bits per heavy atom. The summed E-state index contributed by atoms with van der Waals surface area (Å²) in [6, 6.07) is 21.4. The van der Waals surface area contributed by atoms with E-state index in [0.717, 1.165) is 5.75 Å². The van der Waals surface area contributed by atoms with Crippen molar-refractivity contribution in [3.05, 3.63) is 77.9 Å². The van der Waals surface area contributed by atoms with Gasteiger partial charge in [-0.05, 0) is 28.5 Å². The molecule has 3 aromatic rings. The first kappa shape index (κ1) is 17.0. The topological polar surface area (TPSA) is 61.7 Å². The fraction of sp³-hybridized carbons (Fsp3) is 0.100. The van der Waals surface area contributed by atoms with Gasteiger partial charge in [0.1, 0.15) is 5.75 Å². The lowest BCUT2D eigenvalue weighted by molar-refractivity contribution is -0.118. The van der Waals surface area contributed by atoms with E-state index in [1.165, 1.54) is 34.3 Å². The van der Waals surface area contributed by atoms with Crippen molar-refractivity contribution in [2.24, 2.45) is 5.10 Å². The van der Waals surface area contributed by atoms with Crippen molar-refractivity contribution in [1.82, 2.24) is 5.43 Å². The molecule has 1 amide bonds. The second-order valence-corrected chi connectivity index (χ2v) is 6.51. The number of nitrogens with one attached hydrogen (secondary N) is 1. The molecule has 0 saturated carbocycles. The van der Waals surface area contributed by atoms with Crippen molar-refractivity contribution in [2.75, 3.05) is 5.75 Å². The minimum absolute atomic E-state index is 0.131. The van der Waals surface area contributed by atoms with Crippen LogP contribution in [0.15, 0.2) is 71.8 Å². The quantitative estimate of drug-likeness (QED) is 0.523. The largest absolute Gasteiger partial charge is 0.507 e. The molecule has 0 aliphatic heterocycles. The lowest BCUT2D eigenvalue weighted by Gasteiger charge is -2.04. The highest BCUT2D eigenvalue weighted by Gasteiger charge is 2.02. The van der Waals surface area contributed by atoms with Gasteiger partial charge in [0.15, 0.2) is 0 Å². The molecule has 0 fully saturated rings. The molecule has 126 valence electrons. The summed E-state index contributed by atoms with van der Waals surface area (Å²) < 4.78 is 0. The maximum atomic E-state index is 11.8. The van der Waals surface area contributed by atoms with Crippen LogP contribution in [-0.4, -0.2) is 23.0 Å². The normalized spacial score (nSPS) is 11.0. The van der Waals surface area contributed by atoms with E-state index in [2.05, 4.69) is 40.9 Å². The molecule has 2 N–H and O–H groups in total. The first-order chi connectivity index (χ1) is 12.2. The van der Waals surface area contributed by atoms with Gasteiger partial charge in [0, 0.05) is 11.3 Å². The van der Waals surface area contributed by atoms with Gasteiger partial charge < -0.3 is 5.11 Å². The van der Waals surface area contributed by atoms with Crippen molar-refractivity contribution < 1.29 is 9.90 Å². The van der Waals surface area contributed by atoms with E-state index in [-0.39, 0.29) is 11.7 Å². The summed E-state index contributed by atoms with van der Waals surface area (Å²) in [5.74, 6) is 1.05. The minimum atomic E-state index is -0.169. The molecule has 5 heteroatoms. The van der Waals surface area contributed by atoms with Gasteiger partial charge in [-0.25, -0.2) is 5.43 Å². The first-order valence-electron chi connectivity index (χ1n) is 7.88. The summed E-state index contributed by atoms with van der Waals surface area (Å²) in [5, 5.41) is 15.9. The summed E-state index contributed by atoms with van der Waals surface area (Å²) in [6.07, 6.45) is 1.43. The average Bonchev–Trinajstić information content (AvgIpc) is 2.63. The molecule has 0 spiro atoms. The van der Waals surface area contributed by atoms with Crippen molar-refractivity contribution >= 4 is 34.7 Å². The molecule has 0 radical (unpaired) electrons. The fourth-order valence-corrected chi connectivity index (χ4v) is 3.16. The Balaban J connectivity index is 1.46. The molecule has 3 rings (SSSR count). The smallest absolute Gasteiger partial charge is 0.250 e. The summed E-state index contributed by atoms with van der Waals surface area (Å²) >= 11 is 1.54. The summed E-state index contributed by atoms with van der Waals surface area (Å²) in [4.78, 5) is 11.8. The van der Waals surface area contributed by atoms with Crippen molar-refractivity contribution in [2.45, 2.75) is 5.75 Å². The molecule has 0 bridgehead atoms. The fourth-order valence-electron chi connectivity index (χ4n) is 2.39. The van der Waals surface area contributed by atoms with Crippen LogP contribution in [0.25, 0.3) is 10.8 Å². The number of nitrogens with zero attached hydrogens (tertiary/aromatic N) is 1. The molecule has 0 aliphatic rings. The number of hydrogen-bond donors (Lipinski definition) is 2. The summed E-state index contributed by atoms with van der Waals surface area (Å²) in [5.41, 5.74) is 4.22. The molecule has 3 aromatic carbocycles. The first-order valence-corrected chi connectivity index (χ1v) is 9.03. The molecular weight excluding hydrogens is 332 g/mol. The lowest BCUT2D eigenvalue weighted by atomic mass is 10.1. The van der Waals surface area contributed by atoms with Crippen molar-refractivity contribution in [3.8, 4) is 5.75 Å². The molecule has 0 atom stereocenters. The van der Waals surface area contributed by atoms with Crippen LogP contribution in [0.5, 0.6) is 5.75 Å². The number of phenolic OH excluding ortho intramolecular Hbond substituents is 1. The van der Waals surface area contributed by atoms with Crippen LogP contribution in [0.4, 0.5) is 0 Å². The lowest BCUT2D eigenvalue weighted by Crippen LogP contribution is -2.19. The van der Waals surface area contributed by atoms with Crippen LogP contribution in [-0.2, 0) is 10.5 Å². The minimum Gasteiger partial charge on any atom is -0.507 e. The number of hydrogen-bond acceptors (Lipinski definition) is 4. The molecule has 0 unspecified atom stereocenters. The Hall–Kier alpha value is -2.79. The number of thioether (sulfide) groups is 1. The van der Waals surface area contributed by atoms with Gasteiger partial charge in [-0.1, -0.05) is 54.6 Å². The molecule has 0 aromatic heterocycles. The number of fused-ring (bicyclic) bond motifs is 1. The predicted molar refractivity (Wildman–Crippen MR) is 104 cm³/mol. The number of rotatable bonds is 6. The highest BCUT2D eigenvalue weighted by atomic mass is 32.2. The zero-order valence-corrected chi connectivity index (χ0v) is 14.4. The molecule has 4 nitrogen and oxygen atoms in total. The molecule has 25 heavy (non-hydrogen) atoms. The molecule has 0 aliphatic carbocycles. The van der Waals surface area contributed by atoms with Gasteiger partial charge in [-0.3, -0.25) is 4.79 Å². The maximum Gasteiger partial charge on any atom is 0.250 e. The Labute approximate surface area is 150 Å². The second-order valence-electron chi connectivity index (χ2n) is 5.53. The van der Waals surface area contributed by atoms with E-state index < -0.39 is 0 Å². The molecular formula is C20H18N2O2S. The zero-order valence-electron chi connectivity index (χ0n) is 13.6. The summed E-state index contributed by atoms with van der Waals surface area (Å²) in [6.45, 7) is 0. The van der Waals surface area contributed by atoms with E-state index in [9.17, 15) is 9.90 Å². The maximum absolute atomic E-state index is 11.8. The monoisotopic (exact) mass is 350 g/mol. The van der Waals surface area contributed by atoms with Gasteiger partial charge in [-0.15, -0.1) is 11.8 Å². The Bertz CT molecular complexity index is 909. The number of para-hydroxylation sites is 1. The Morgan fingerprint density at radius 1 is 1.04 bits per heavy atom. The number of carbonyl (C=O) groups is 1. The van der Waals surface area contributed by atoms with E-state index in [0.29, 0.717) is 11.3 Å². The van der Waals surface area contributed by atoms with Crippen molar-refractivity contribution in [3.63, 3.8) is 0 Å². The third-order valence-corrected chi connectivity index (χ3v) is 4.65. The van der Waals surface area contributed by atoms with Crippen LogP contribution in [0.3, 0.4) is 0 Å². The number of aromatic hydroxyl groups is 1. The second kappa shape index (κ2) is 8.35. The number of benzene rings is 3. The van der Waals surface area contributed by atoms with Crippen LogP contribution in [0.2, 0.25) is 0 Å². The van der Waals surface area contributed by atoms with Crippen molar-refractivity contribution in [1.29, 1.82) is 0 Å². The van der Waals surface area contributed by atoms with Gasteiger partial charge >= 0.3 is 0 Å². The predicted octanol–water partition coefficient (Wildman–Crippen LogP) is 3.93. The SMILES string of the molecule is O=C(CSCc1ccc2ccccc2c1)N/N=C\c1ccccc1O. The number of carbonyl (C=O) groups excluding carboxylic acids is 1. The van der Waals surface area contributed by atoms with E-state index >= 15 is 0 Å². The van der Waals surface area contributed by atoms with Crippen LogP contribution in [0, 0.1) is 0 Å². The third-order valence-electron chi connectivity index (χ3n) is 3.65. The zero-order chi connectivity index (χ0) is 17.5. The Kier molecular flexibility index (Phi) is 5.69. The standard InChI is InChI=1S/C20H18N2O2S/c23-19-8-4-3-7-18(19)12-21-22-20(24)14-25-13-15-9-10-16-5-1-2-6-17(16)11-15/h1-12,23H,13-14H2,(H,22,24)/b21-12-. The van der Waals surface area contributed by atoms with E-state index in [4.69, 9.17) is 0 Å². The molecule has 0 saturated heterocycles. The average molecular weight is 350 g/mol. The van der Waals surface area contributed by atoms with Crippen LogP contribution < -0.4 is 5.43 Å². The third kappa shape index (κ3) is 4.84. The number of hydrazone groups is 1. The van der Waals surface area contributed by atoms with Gasteiger partial charge in [0.2, 0.25) is 5.91 Å². The highest BCUT2D eigenvalue weighted by molar-refractivity contribution is 7.99. The summed E-state index contributed by atoms with van der Waals surface area (Å²) in [7, 11) is 0. The van der Waals surface area contributed by atoms with Crippen LogP contribution in [0.1, 0.15) is 11.1 Å². The van der Waals surface area contributed by atoms with Gasteiger partial charge in [-0.2, -0.15) is 5.10 Å². The van der Waals surface area contributed by atoms with E-state index in [1.807, 2.05) is 12.1 Å². The number of amides is 1. The van der Waals surface area contributed by atoms with E-state index in [1.54, 1.807) is 24.3 Å². The van der Waals surface area contributed by atoms with Crippen LogP contribution >= 0.6 is 11.8 Å². The number of phenols is 1.